The number of thiocarbonyl (C=S) groups is 1. The summed E-state index contributed by atoms with van der Waals surface area (Å²) in [6.07, 6.45) is 1.75. The molecular formula is C9H12N3OS+. The molecule has 0 saturated heterocycles. The van der Waals surface area contributed by atoms with Crippen LogP contribution in [0.4, 0.5) is 0 Å². The van der Waals surface area contributed by atoms with Gasteiger partial charge in [-0.3, -0.25) is 0 Å². The lowest BCUT2D eigenvalue weighted by atomic mass is 10.2. The summed E-state index contributed by atoms with van der Waals surface area (Å²) >= 11 is 4.61. The third kappa shape index (κ3) is 3.40. The van der Waals surface area contributed by atoms with Gasteiger partial charge in [0.15, 0.2) is 6.21 Å². The highest BCUT2D eigenvalue weighted by Gasteiger charge is 1.93. The Bertz CT molecular complexity index is 334. The van der Waals surface area contributed by atoms with Gasteiger partial charge < -0.3 is 10.5 Å². The Morgan fingerprint density at radius 3 is 2.64 bits per heavy atom. The molecule has 0 bridgehead atoms. The fraction of sp³-hybridized carbons (Fsp3) is 0.111. The number of rotatable bonds is 3. The van der Waals surface area contributed by atoms with Crippen molar-refractivity contribution >= 4 is 23.5 Å². The molecule has 0 aliphatic carbocycles. The Morgan fingerprint density at radius 1 is 1.50 bits per heavy atom. The quantitative estimate of drug-likeness (QED) is 0.338. The predicted octanol–water partition coefficient (Wildman–Crippen LogP) is -1.06. The number of hydrazone groups is 1. The Hall–Kier alpha value is -1.62. The van der Waals surface area contributed by atoms with Crippen LogP contribution in [-0.4, -0.2) is 18.4 Å². The van der Waals surface area contributed by atoms with Crippen LogP contribution in [0, 0.1) is 0 Å². The van der Waals surface area contributed by atoms with Crippen molar-refractivity contribution in [2.45, 2.75) is 0 Å². The first-order valence-electron chi connectivity index (χ1n) is 4.00. The molecule has 0 aromatic heterocycles. The van der Waals surface area contributed by atoms with Crippen LogP contribution >= 0.6 is 12.2 Å². The van der Waals surface area contributed by atoms with Crippen molar-refractivity contribution in [3.05, 3.63) is 29.8 Å². The average molecular weight is 210 g/mol. The second-order valence-electron chi connectivity index (χ2n) is 2.55. The maximum absolute atomic E-state index is 5.22. The van der Waals surface area contributed by atoms with Crippen LogP contribution in [0.15, 0.2) is 24.3 Å². The van der Waals surface area contributed by atoms with E-state index in [-0.39, 0.29) is 5.11 Å². The molecule has 0 amide bonds. The molecule has 1 aromatic rings. The van der Waals surface area contributed by atoms with Gasteiger partial charge in [0.1, 0.15) is 5.75 Å². The maximum Gasteiger partial charge on any atom is 0.221 e. The molecule has 0 radical (unpaired) electrons. The first-order chi connectivity index (χ1) is 6.72. The molecule has 0 aliphatic rings. The van der Waals surface area contributed by atoms with Crippen LogP contribution in [0.1, 0.15) is 5.56 Å². The van der Waals surface area contributed by atoms with E-state index in [4.69, 9.17) is 10.5 Å². The molecule has 0 aliphatic heterocycles. The zero-order valence-corrected chi connectivity index (χ0v) is 8.60. The number of hydrazine groups is 1. The summed E-state index contributed by atoms with van der Waals surface area (Å²) in [5, 5.41) is 2.96. The van der Waals surface area contributed by atoms with E-state index in [0.717, 1.165) is 11.3 Å². The third-order valence-electron chi connectivity index (χ3n) is 1.55. The van der Waals surface area contributed by atoms with Crippen LogP contribution < -0.4 is 21.0 Å². The highest BCUT2D eigenvalue weighted by atomic mass is 32.1. The molecule has 0 fully saturated rings. The van der Waals surface area contributed by atoms with Gasteiger partial charge in [-0.1, -0.05) is 0 Å². The molecule has 0 heterocycles. The number of methoxy groups -OCH3 is 1. The zero-order chi connectivity index (χ0) is 10.4. The van der Waals surface area contributed by atoms with Gasteiger partial charge >= 0.3 is 0 Å². The fourth-order valence-electron chi connectivity index (χ4n) is 0.891. The molecule has 0 spiro atoms. The first kappa shape index (κ1) is 10.5. The highest BCUT2D eigenvalue weighted by molar-refractivity contribution is 7.80. The summed E-state index contributed by atoms with van der Waals surface area (Å²) in [5.41, 5.74) is 8.81. The van der Waals surface area contributed by atoms with Gasteiger partial charge in [0, 0.05) is 5.56 Å². The standard InChI is InChI=1S/C9H11N3OS/c1-13-8-4-2-7(3-5-8)6-11-12-9(10)14/h2-6H,1H3,(H3,10,12,14)/p+1. The van der Waals surface area contributed by atoms with Crippen LogP contribution in [0.3, 0.4) is 0 Å². The molecule has 4 nitrogen and oxygen atoms in total. The minimum Gasteiger partial charge on any atom is -0.497 e. The van der Waals surface area contributed by atoms with Gasteiger partial charge in [-0.2, -0.15) is 0 Å². The number of hydrogen-bond donors (Lipinski definition) is 3. The van der Waals surface area contributed by atoms with Gasteiger partial charge in [-0.05, 0) is 36.5 Å². The smallest absolute Gasteiger partial charge is 0.221 e. The largest absolute Gasteiger partial charge is 0.497 e. The fourth-order valence-corrected chi connectivity index (χ4v) is 0.950. The molecule has 0 atom stereocenters. The molecule has 1 aromatic carbocycles. The van der Waals surface area contributed by atoms with E-state index in [1.807, 2.05) is 24.3 Å². The molecule has 14 heavy (non-hydrogen) atoms. The van der Waals surface area contributed by atoms with Gasteiger partial charge in [-0.15, -0.1) is 10.5 Å². The summed E-state index contributed by atoms with van der Waals surface area (Å²) in [5.74, 6) is 0.824. The van der Waals surface area contributed by atoms with E-state index in [9.17, 15) is 0 Å². The Morgan fingerprint density at radius 2 is 2.14 bits per heavy atom. The average Bonchev–Trinajstić information content (AvgIpc) is 2.18. The van der Waals surface area contributed by atoms with Crippen LogP contribution in [0.2, 0.25) is 0 Å². The summed E-state index contributed by atoms with van der Waals surface area (Å²) in [6.45, 7) is 0. The predicted molar refractivity (Wildman–Crippen MR) is 59.0 cm³/mol. The lowest BCUT2D eigenvalue weighted by molar-refractivity contribution is -0.499. The topological polar surface area (TPSA) is 61.2 Å². The van der Waals surface area contributed by atoms with Crippen LogP contribution in [0.25, 0.3) is 0 Å². The van der Waals surface area contributed by atoms with Crippen LogP contribution in [0.5, 0.6) is 5.75 Å². The maximum atomic E-state index is 5.22. The molecule has 0 saturated carbocycles. The van der Waals surface area contributed by atoms with E-state index in [1.54, 1.807) is 13.3 Å². The van der Waals surface area contributed by atoms with E-state index < -0.39 is 0 Å². The van der Waals surface area contributed by atoms with Gasteiger partial charge in [0.2, 0.25) is 5.11 Å². The van der Waals surface area contributed by atoms with Crippen molar-refractivity contribution in [1.29, 1.82) is 0 Å². The molecular weight excluding hydrogens is 198 g/mol. The zero-order valence-electron chi connectivity index (χ0n) is 7.78. The third-order valence-corrected chi connectivity index (χ3v) is 1.65. The molecule has 0 unspecified atom stereocenters. The summed E-state index contributed by atoms with van der Waals surface area (Å²) in [4.78, 5) is 0. The first-order valence-corrected chi connectivity index (χ1v) is 4.41. The SMILES string of the molecule is COc1ccc(C=[NH+]NC(N)=S)cc1. The summed E-state index contributed by atoms with van der Waals surface area (Å²) < 4.78 is 5.02. The van der Waals surface area contributed by atoms with Crippen molar-refractivity contribution in [2.75, 3.05) is 7.11 Å². The Kier molecular flexibility index (Phi) is 3.87. The Balaban J connectivity index is 2.59. The van der Waals surface area contributed by atoms with E-state index >= 15 is 0 Å². The highest BCUT2D eigenvalue weighted by Crippen LogP contribution is 2.08. The number of hydrogen-bond acceptors (Lipinski definition) is 2. The Labute approximate surface area is 87.8 Å². The second-order valence-corrected chi connectivity index (χ2v) is 2.99. The minimum absolute atomic E-state index is 0.203. The van der Waals surface area contributed by atoms with E-state index in [2.05, 4.69) is 22.7 Å². The van der Waals surface area contributed by atoms with Gasteiger partial charge in [0.25, 0.3) is 0 Å². The summed E-state index contributed by atoms with van der Waals surface area (Å²) in [7, 11) is 1.63. The second kappa shape index (κ2) is 5.18. The normalized spacial score (nSPS) is 10.1. The number of benzene rings is 1. The lowest BCUT2D eigenvalue weighted by Crippen LogP contribution is -2.82. The van der Waals surface area contributed by atoms with Gasteiger partial charge in [0.05, 0.1) is 7.11 Å². The van der Waals surface area contributed by atoms with Crippen molar-refractivity contribution in [3.63, 3.8) is 0 Å². The van der Waals surface area contributed by atoms with E-state index in [0.29, 0.717) is 0 Å². The molecule has 5 heteroatoms. The monoisotopic (exact) mass is 210 g/mol. The summed E-state index contributed by atoms with van der Waals surface area (Å²) in [6, 6.07) is 7.56. The lowest BCUT2D eigenvalue weighted by Gasteiger charge is -1.97. The van der Waals surface area contributed by atoms with Crippen molar-refractivity contribution in [1.82, 2.24) is 5.43 Å². The number of nitrogens with two attached hydrogens (primary N) is 1. The molecule has 1 rings (SSSR count). The van der Waals surface area contributed by atoms with Crippen molar-refractivity contribution in [3.8, 4) is 5.75 Å². The van der Waals surface area contributed by atoms with Gasteiger partial charge in [-0.25, -0.2) is 0 Å². The number of nitrogens with one attached hydrogen (secondary N) is 2. The van der Waals surface area contributed by atoms with Crippen LogP contribution in [-0.2, 0) is 0 Å². The number of ether oxygens (including phenoxy) is 1. The van der Waals surface area contributed by atoms with Crippen molar-refractivity contribution < 1.29 is 9.84 Å². The minimum atomic E-state index is 0.203. The molecule has 74 valence electrons. The molecule has 4 N–H and O–H groups in total. The van der Waals surface area contributed by atoms with E-state index in [1.165, 1.54) is 0 Å². The van der Waals surface area contributed by atoms with Crippen molar-refractivity contribution in [2.24, 2.45) is 5.73 Å².